The lowest BCUT2D eigenvalue weighted by molar-refractivity contribution is 0.0612. The summed E-state index contributed by atoms with van der Waals surface area (Å²) in [6.07, 6.45) is 2.02. The highest BCUT2D eigenvalue weighted by Gasteiger charge is 2.32. The molecule has 0 unspecified atom stereocenters. The molecule has 0 aliphatic carbocycles. The molecule has 7 heteroatoms. The molecule has 98 valence electrons. The number of carbonyl (C=O) groups is 1. The number of halogens is 2. The molecule has 0 spiro atoms. The van der Waals surface area contributed by atoms with Crippen molar-refractivity contribution in [3.05, 3.63) is 28.0 Å². The van der Waals surface area contributed by atoms with Crippen molar-refractivity contribution < 1.29 is 9.90 Å². The number of thioether (sulfide) groups is 1. The molecule has 18 heavy (non-hydrogen) atoms. The lowest BCUT2D eigenvalue weighted by Gasteiger charge is -2.21. The van der Waals surface area contributed by atoms with Crippen LogP contribution in [0.1, 0.15) is 16.8 Å². The van der Waals surface area contributed by atoms with Crippen molar-refractivity contribution >= 4 is 40.9 Å². The number of amides is 1. The summed E-state index contributed by atoms with van der Waals surface area (Å²) in [5, 5.41) is 13.2. The Morgan fingerprint density at radius 1 is 1.61 bits per heavy atom. The topological polar surface area (TPSA) is 62.2 Å². The van der Waals surface area contributed by atoms with Crippen molar-refractivity contribution in [3.8, 4) is 0 Å². The minimum atomic E-state index is -0.816. The van der Waals surface area contributed by atoms with E-state index in [1.807, 2.05) is 0 Å². The van der Waals surface area contributed by atoms with Crippen LogP contribution in [0.2, 0.25) is 10.2 Å². The largest absolute Gasteiger partial charge is 0.387 e. The van der Waals surface area contributed by atoms with Crippen LogP contribution in [-0.2, 0) is 0 Å². The standard InChI is InChI=1S/C11H12Cl2N2O2S/c12-8-4-14-9(13)3-7(8)10(16)15-5-11(17)1-2-18-6-11/h3-4,17H,1-2,5-6H2,(H,15,16)/t11-/m1/s1. The summed E-state index contributed by atoms with van der Waals surface area (Å²) in [7, 11) is 0. The normalized spacial score (nSPS) is 23.1. The van der Waals surface area contributed by atoms with Crippen LogP contribution >= 0.6 is 35.0 Å². The summed E-state index contributed by atoms with van der Waals surface area (Å²) in [6, 6.07) is 1.41. The predicted octanol–water partition coefficient (Wildman–Crippen LogP) is 1.99. The summed E-state index contributed by atoms with van der Waals surface area (Å²) in [5.41, 5.74) is -0.546. The number of aliphatic hydroxyl groups is 1. The van der Waals surface area contributed by atoms with Crippen molar-refractivity contribution in [2.75, 3.05) is 18.1 Å². The second-order valence-corrected chi connectivity index (χ2v) is 6.10. The van der Waals surface area contributed by atoms with E-state index in [-0.39, 0.29) is 28.2 Å². The van der Waals surface area contributed by atoms with Crippen LogP contribution in [0.25, 0.3) is 0 Å². The quantitative estimate of drug-likeness (QED) is 0.838. The van der Waals surface area contributed by atoms with Crippen molar-refractivity contribution in [3.63, 3.8) is 0 Å². The van der Waals surface area contributed by atoms with Gasteiger partial charge in [-0.05, 0) is 18.2 Å². The Labute approximate surface area is 119 Å². The zero-order chi connectivity index (χ0) is 13.2. The van der Waals surface area contributed by atoms with Crippen LogP contribution in [0.5, 0.6) is 0 Å². The third-order valence-corrected chi connectivity index (χ3v) is 4.47. The predicted molar refractivity (Wildman–Crippen MR) is 73.5 cm³/mol. The maximum Gasteiger partial charge on any atom is 0.253 e. The van der Waals surface area contributed by atoms with Gasteiger partial charge in [-0.15, -0.1) is 0 Å². The van der Waals surface area contributed by atoms with Crippen LogP contribution in [0.15, 0.2) is 12.3 Å². The molecule has 1 saturated heterocycles. The van der Waals surface area contributed by atoms with Gasteiger partial charge in [-0.1, -0.05) is 23.2 Å². The van der Waals surface area contributed by atoms with E-state index >= 15 is 0 Å². The van der Waals surface area contributed by atoms with Gasteiger partial charge < -0.3 is 10.4 Å². The molecule has 2 N–H and O–H groups in total. The van der Waals surface area contributed by atoms with E-state index < -0.39 is 5.60 Å². The summed E-state index contributed by atoms with van der Waals surface area (Å²) >= 11 is 13.3. The van der Waals surface area contributed by atoms with Gasteiger partial charge in [-0.3, -0.25) is 4.79 Å². The molecule has 2 rings (SSSR count). The van der Waals surface area contributed by atoms with Crippen LogP contribution < -0.4 is 5.32 Å². The van der Waals surface area contributed by atoms with Crippen LogP contribution in [0.3, 0.4) is 0 Å². The lowest BCUT2D eigenvalue weighted by Crippen LogP contribution is -2.43. The molecule has 0 radical (unpaired) electrons. The van der Waals surface area contributed by atoms with E-state index in [2.05, 4.69) is 10.3 Å². The van der Waals surface area contributed by atoms with Crippen LogP contribution in [0.4, 0.5) is 0 Å². The fourth-order valence-electron chi connectivity index (χ4n) is 1.66. The zero-order valence-corrected chi connectivity index (χ0v) is 11.8. The number of nitrogens with zero attached hydrogens (tertiary/aromatic N) is 1. The molecular formula is C11H12Cl2N2O2S. The average Bonchev–Trinajstić information content (AvgIpc) is 2.77. The molecule has 1 atom stereocenters. The Hall–Kier alpha value is -0.490. The number of nitrogens with one attached hydrogen (secondary N) is 1. The Balaban J connectivity index is 2.01. The number of pyridine rings is 1. The van der Waals surface area contributed by atoms with Gasteiger partial charge in [0.15, 0.2) is 0 Å². The lowest BCUT2D eigenvalue weighted by atomic mass is 10.0. The maximum atomic E-state index is 11.9. The third-order valence-electron chi connectivity index (χ3n) is 2.73. The smallest absolute Gasteiger partial charge is 0.253 e. The second-order valence-electron chi connectivity index (χ2n) is 4.20. The zero-order valence-electron chi connectivity index (χ0n) is 9.45. The molecule has 1 aromatic rings. The van der Waals surface area contributed by atoms with Gasteiger partial charge in [0.2, 0.25) is 0 Å². The van der Waals surface area contributed by atoms with Gasteiger partial charge in [0, 0.05) is 18.5 Å². The molecule has 0 saturated carbocycles. The van der Waals surface area contributed by atoms with E-state index in [0.717, 1.165) is 5.75 Å². The summed E-state index contributed by atoms with van der Waals surface area (Å²) in [6.45, 7) is 0.217. The SMILES string of the molecule is O=C(NC[C@]1(O)CCSC1)c1cc(Cl)ncc1Cl. The highest BCUT2D eigenvalue weighted by Crippen LogP contribution is 2.27. The molecule has 0 aromatic carbocycles. The Morgan fingerprint density at radius 3 is 3.06 bits per heavy atom. The monoisotopic (exact) mass is 306 g/mol. The van der Waals surface area contributed by atoms with Crippen molar-refractivity contribution in [1.82, 2.24) is 10.3 Å². The second kappa shape index (κ2) is 5.65. The number of rotatable bonds is 3. The van der Waals surface area contributed by atoms with E-state index in [9.17, 15) is 9.90 Å². The highest BCUT2D eigenvalue weighted by molar-refractivity contribution is 7.99. The molecule has 2 heterocycles. The van der Waals surface area contributed by atoms with Gasteiger partial charge in [-0.25, -0.2) is 4.98 Å². The highest BCUT2D eigenvalue weighted by atomic mass is 35.5. The molecule has 0 bridgehead atoms. The van der Waals surface area contributed by atoms with E-state index in [1.54, 1.807) is 11.8 Å². The first-order chi connectivity index (χ1) is 8.50. The average molecular weight is 307 g/mol. The van der Waals surface area contributed by atoms with Gasteiger partial charge in [0.1, 0.15) is 5.15 Å². The molecule has 1 amide bonds. The summed E-state index contributed by atoms with van der Waals surface area (Å²) < 4.78 is 0. The maximum absolute atomic E-state index is 11.9. The third kappa shape index (κ3) is 3.29. The minimum Gasteiger partial charge on any atom is -0.387 e. The van der Waals surface area contributed by atoms with Gasteiger partial charge in [-0.2, -0.15) is 11.8 Å². The number of hydrogen-bond donors (Lipinski definition) is 2. The van der Waals surface area contributed by atoms with E-state index in [1.165, 1.54) is 12.3 Å². The fourth-order valence-corrected chi connectivity index (χ4v) is 3.31. The number of hydrogen-bond acceptors (Lipinski definition) is 4. The molecule has 1 fully saturated rings. The van der Waals surface area contributed by atoms with E-state index in [4.69, 9.17) is 23.2 Å². The molecule has 1 aliphatic rings. The summed E-state index contributed by atoms with van der Waals surface area (Å²) in [5.74, 6) is 1.20. The Morgan fingerprint density at radius 2 is 2.39 bits per heavy atom. The van der Waals surface area contributed by atoms with Crippen molar-refractivity contribution in [1.29, 1.82) is 0 Å². The molecule has 4 nitrogen and oxygen atoms in total. The molecule has 1 aliphatic heterocycles. The Bertz CT molecular complexity index is 464. The first-order valence-corrected chi connectivity index (χ1v) is 7.31. The first-order valence-electron chi connectivity index (χ1n) is 5.40. The fraction of sp³-hybridized carbons (Fsp3) is 0.455. The summed E-state index contributed by atoms with van der Waals surface area (Å²) in [4.78, 5) is 15.7. The van der Waals surface area contributed by atoms with E-state index in [0.29, 0.717) is 12.2 Å². The number of carbonyl (C=O) groups excluding carboxylic acids is 1. The molecule has 1 aromatic heterocycles. The van der Waals surface area contributed by atoms with Crippen LogP contribution in [0, 0.1) is 0 Å². The first kappa shape index (κ1) is 13.9. The Kier molecular flexibility index (Phi) is 4.37. The minimum absolute atomic E-state index is 0.208. The van der Waals surface area contributed by atoms with Crippen LogP contribution in [-0.4, -0.2) is 39.6 Å². The van der Waals surface area contributed by atoms with Gasteiger partial charge >= 0.3 is 0 Å². The molecular weight excluding hydrogens is 295 g/mol. The van der Waals surface area contributed by atoms with Crippen molar-refractivity contribution in [2.24, 2.45) is 0 Å². The van der Waals surface area contributed by atoms with Gasteiger partial charge in [0.05, 0.1) is 16.2 Å². The number of aromatic nitrogens is 1. The van der Waals surface area contributed by atoms with Gasteiger partial charge in [0.25, 0.3) is 5.91 Å². The van der Waals surface area contributed by atoms with Crippen molar-refractivity contribution in [2.45, 2.75) is 12.0 Å².